The Morgan fingerprint density at radius 2 is 1.96 bits per heavy atom. The normalized spacial score (nSPS) is 23.6. The molecule has 1 aromatic carbocycles. The number of amides is 4. The summed E-state index contributed by atoms with van der Waals surface area (Å²) in [7, 11) is 0. The molecule has 2 N–H and O–H groups in total. The number of hydrogen-bond donors (Lipinski definition) is 2. The van der Waals surface area contributed by atoms with Crippen molar-refractivity contribution in [2.24, 2.45) is 5.92 Å². The van der Waals surface area contributed by atoms with Crippen molar-refractivity contribution in [1.82, 2.24) is 15.8 Å². The number of rotatable bonds is 4. The van der Waals surface area contributed by atoms with E-state index in [4.69, 9.17) is 0 Å². The summed E-state index contributed by atoms with van der Waals surface area (Å²) in [6.45, 7) is 1.48. The van der Waals surface area contributed by atoms with Crippen molar-refractivity contribution < 1.29 is 19.3 Å². The molecule has 2 fully saturated rings. The summed E-state index contributed by atoms with van der Waals surface area (Å²) in [5.41, 5.74) is 1.21. The summed E-state index contributed by atoms with van der Waals surface area (Å²) in [6.07, 6.45) is 1.49. The molecule has 0 spiro atoms. The Labute approximate surface area is 130 Å². The van der Waals surface area contributed by atoms with Crippen LogP contribution in [0.4, 0.5) is 10.5 Å². The third kappa shape index (κ3) is 2.50. The highest BCUT2D eigenvalue weighted by molar-refractivity contribution is 6.08. The Kier molecular flexibility index (Phi) is 3.28. The van der Waals surface area contributed by atoms with Crippen LogP contribution in [0.5, 0.6) is 0 Å². The predicted molar refractivity (Wildman–Crippen MR) is 76.7 cm³/mol. The average Bonchev–Trinajstić information content (AvgIpc) is 3.33. The van der Waals surface area contributed by atoms with E-state index in [9.17, 15) is 24.5 Å². The zero-order valence-electron chi connectivity index (χ0n) is 12.2. The molecule has 9 nitrogen and oxygen atoms in total. The van der Waals surface area contributed by atoms with E-state index in [0.29, 0.717) is 10.6 Å². The minimum atomic E-state index is -1.39. The number of nitro benzene ring substituents is 1. The van der Waals surface area contributed by atoms with Crippen LogP contribution < -0.4 is 10.7 Å². The second-order valence-electron chi connectivity index (χ2n) is 5.75. The molecular formula is C14H14N4O5. The lowest BCUT2D eigenvalue weighted by Crippen LogP contribution is -2.48. The molecule has 1 aromatic rings. The number of nitrogens with one attached hydrogen (secondary N) is 2. The average molecular weight is 318 g/mol. The maximum atomic E-state index is 12.5. The van der Waals surface area contributed by atoms with Crippen LogP contribution in [0.25, 0.3) is 0 Å². The van der Waals surface area contributed by atoms with Gasteiger partial charge in [0.25, 0.3) is 11.6 Å². The van der Waals surface area contributed by atoms with Gasteiger partial charge < -0.3 is 5.32 Å². The summed E-state index contributed by atoms with van der Waals surface area (Å²) >= 11 is 0. The van der Waals surface area contributed by atoms with Crippen molar-refractivity contribution in [2.45, 2.75) is 25.3 Å². The van der Waals surface area contributed by atoms with Gasteiger partial charge in [0.15, 0.2) is 0 Å². The molecule has 0 unspecified atom stereocenters. The number of nitro groups is 1. The van der Waals surface area contributed by atoms with Crippen LogP contribution in [0.1, 0.15) is 25.3 Å². The quantitative estimate of drug-likeness (QED) is 0.483. The topological polar surface area (TPSA) is 122 Å². The van der Waals surface area contributed by atoms with E-state index in [1.54, 1.807) is 0 Å². The van der Waals surface area contributed by atoms with Crippen molar-refractivity contribution in [2.75, 3.05) is 0 Å². The van der Waals surface area contributed by atoms with E-state index < -0.39 is 22.4 Å². The zero-order chi connectivity index (χ0) is 16.8. The number of hydrazine groups is 1. The van der Waals surface area contributed by atoms with Crippen LogP contribution in [0.3, 0.4) is 0 Å². The lowest BCUT2D eigenvalue weighted by molar-refractivity contribution is -0.384. The van der Waals surface area contributed by atoms with Gasteiger partial charge in [-0.25, -0.2) is 4.79 Å². The second-order valence-corrected chi connectivity index (χ2v) is 5.75. The lowest BCUT2D eigenvalue weighted by atomic mass is 9.92. The van der Waals surface area contributed by atoms with Gasteiger partial charge >= 0.3 is 6.03 Å². The fourth-order valence-corrected chi connectivity index (χ4v) is 2.40. The van der Waals surface area contributed by atoms with Gasteiger partial charge in [-0.05, 0) is 37.5 Å². The van der Waals surface area contributed by atoms with Gasteiger partial charge in [0.2, 0.25) is 5.91 Å². The number of hydrogen-bond acceptors (Lipinski definition) is 5. The number of imide groups is 1. The predicted octanol–water partition coefficient (Wildman–Crippen LogP) is 0.803. The van der Waals surface area contributed by atoms with Gasteiger partial charge in [0.05, 0.1) is 4.92 Å². The van der Waals surface area contributed by atoms with Crippen LogP contribution >= 0.6 is 0 Å². The third-order valence-corrected chi connectivity index (χ3v) is 4.02. The van der Waals surface area contributed by atoms with Crippen molar-refractivity contribution >= 4 is 23.5 Å². The van der Waals surface area contributed by atoms with Crippen LogP contribution in [0, 0.1) is 16.0 Å². The van der Waals surface area contributed by atoms with Crippen molar-refractivity contribution in [3.8, 4) is 0 Å². The fourth-order valence-electron chi connectivity index (χ4n) is 2.40. The minimum Gasteiger partial charge on any atom is -0.318 e. The van der Waals surface area contributed by atoms with Gasteiger partial charge in [-0.3, -0.25) is 25.1 Å². The molecule has 1 atom stereocenters. The molecule has 1 aliphatic heterocycles. The van der Waals surface area contributed by atoms with Crippen LogP contribution in [-0.4, -0.2) is 27.8 Å². The summed E-state index contributed by atoms with van der Waals surface area (Å²) in [6, 6.07) is 4.59. The fraction of sp³-hybridized carbons (Fsp3) is 0.357. The molecule has 1 saturated carbocycles. The van der Waals surface area contributed by atoms with Crippen molar-refractivity contribution in [1.29, 1.82) is 0 Å². The first-order valence-electron chi connectivity index (χ1n) is 7.05. The van der Waals surface area contributed by atoms with Gasteiger partial charge in [0.1, 0.15) is 5.54 Å². The van der Waals surface area contributed by atoms with Gasteiger partial charge in [0, 0.05) is 18.1 Å². The summed E-state index contributed by atoms with van der Waals surface area (Å²) in [5, 5.41) is 13.9. The first kappa shape index (κ1) is 14.9. The monoisotopic (exact) mass is 318 g/mol. The smallest absolute Gasteiger partial charge is 0.318 e. The highest BCUT2D eigenvalue weighted by Crippen LogP contribution is 2.31. The molecule has 4 amide bonds. The minimum absolute atomic E-state index is 0.118. The lowest BCUT2D eigenvalue weighted by Gasteiger charge is -2.22. The Balaban J connectivity index is 1.83. The van der Waals surface area contributed by atoms with E-state index in [0.717, 1.165) is 12.8 Å². The Bertz CT molecular complexity index is 712. The number of benzene rings is 1. The van der Waals surface area contributed by atoms with E-state index in [2.05, 4.69) is 10.7 Å². The van der Waals surface area contributed by atoms with Gasteiger partial charge in [-0.1, -0.05) is 0 Å². The number of carbonyl (C=O) groups is 3. The molecule has 0 bridgehead atoms. The maximum Gasteiger partial charge on any atom is 0.344 e. The van der Waals surface area contributed by atoms with Crippen LogP contribution in [0.2, 0.25) is 0 Å². The van der Waals surface area contributed by atoms with Gasteiger partial charge in [-0.15, -0.1) is 0 Å². The largest absolute Gasteiger partial charge is 0.344 e. The second kappa shape index (κ2) is 5.04. The molecule has 9 heteroatoms. The maximum absolute atomic E-state index is 12.5. The van der Waals surface area contributed by atoms with E-state index in [1.165, 1.54) is 31.2 Å². The molecule has 3 rings (SSSR count). The molecule has 0 aromatic heterocycles. The standard InChI is InChI=1S/C14H14N4O5/c1-14(9-4-6-10(7-5-9)18(22)23)12(20)17(13(21)15-14)16-11(19)8-2-3-8/h4-8H,2-3H2,1H3,(H,15,21)(H,16,19)/t14-/m0/s1. The molecule has 2 aliphatic rings. The van der Waals surface area contributed by atoms with Gasteiger partial charge in [-0.2, -0.15) is 5.01 Å². The Morgan fingerprint density at radius 3 is 2.48 bits per heavy atom. The highest BCUT2D eigenvalue weighted by atomic mass is 16.6. The summed E-state index contributed by atoms with van der Waals surface area (Å²) in [5.74, 6) is -1.14. The van der Waals surface area contributed by atoms with Crippen molar-refractivity contribution in [3.05, 3.63) is 39.9 Å². The molecule has 1 saturated heterocycles. The molecule has 1 aliphatic carbocycles. The molecular weight excluding hydrogens is 304 g/mol. The number of nitrogens with zero attached hydrogens (tertiary/aromatic N) is 2. The zero-order valence-corrected chi connectivity index (χ0v) is 12.2. The third-order valence-electron chi connectivity index (χ3n) is 4.02. The number of non-ortho nitro benzene ring substituents is 1. The molecule has 0 radical (unpaired) electrons. The SMILES string of the molecule is C[C@@]1(c2ccc([N+](=O)[O-])cc2)NC(=O)N(NC(=O)C2CC2)C1=O. The molecule has 120 valence electrons. The molecule has 1 heterocycles. The van der Waals surface area contributed by atoms with Crippen LogP contribution in [-0.2, 0) is 15.1 Å². The Hall–Kier alpha value is -2.97. The number of carbonyl (C=O) groups excluding carboxylic acids is 3. The van der Waals surface area contributed by atoms with Crippen molar-refractivity contribution in [3.63, 3.8) is 0 Å². The van der Waals surface area contributed by atoms with E-state index in [-0.39, 0.29) is 17.5 Å². The first-order valence-corrected chi connectivity index (χ1v) is 7.05. The summed E-state index contributed by atoms with van der Waals surface area (Å²) < 4.78 is 0. The van der Waals surface area contributed by atoms with Crippen LogP contribution in [0.15, 0.2) is 24.3 Å². The van der Waals surface area contributed by atoms with E-state index >= 15 is 0 Å². The summed E-state index contributed by atoms with van der Waals surface area (Å²) in [4.78, 5) is 46.4. The Morgan fingerprint density at radius 1 is 1.35 bits per heavy atom. The highest BCUT2D eigenvalue weighted by Gasteiger charge is 2.50. The first-order chi connectivity index (χ1) is 10.8. The molecule has 23 heavy (non-hydrogen) atoms. The van der Waals surface area contributed by atoms with E-state index in [1.807, 2.05) is 0 Å². The number of urea groups is 1.